The quantitative estimate of drug-likeness (QED) is 0.803. The van der Waals surface area contributed by atoms with Crippen LogP contribution in [0.1, 0.15) is 31.4 Å². The lowest BCUT2D eigenvalue weighted by atomic mass is 9.95. The second kappa shape index (κ2) is 3.26. The fourth-order valence-corrected chi connectivity index (χ4v) is 3.34. The third-order valence-corrected chi connectivity index (χ3v) is 4.05. The first-order chi connectivity index (χ1) is 7.22. The van der Waals surface area contributed by atoms with Crippen molar-refractivity contribution in [3.63, 3.8) is 0 Å². The molecule has 3 unspecified atom stereocenters. The molecular weight excluding hydrogens is 186 g/mol. The lowest BCUT2D eigenvalue weighted by molar-refractivity contribution is 0.437. The van der Waals surface area contributed by atoms with Gasteiger partial charge in [-0.1, -0.05) is 6.42 Å². The molecule has 3 nitrogen and oxygen atoms in total. The van der Waals surface area contributed by atoms with E-state index in [0.717, 1.165) is 23.5 Å². The van der Waals surface area contributed by atoms with Crippen molar-refractivity contribution in [1.29, 1.82) is 0 Å². The topological polar surface area (TPSA) is 29.9 Å². The first kappa shape index (κ1) is 9.25. The summed E-state index contributed by atoms with van der Waals surface area (Å²) in [6.45, 7) is 2.05. The van der Waals surface area contributed by atoms with Gasteiger partial charge in [-0.2, -0.15) is 0 Å². The molecule has 1 aromatic rings. The average molecular weight is 205 g/mol. The van der Waals surface area contributed by atoms with Gasteiger partial charge in [0.1, 0.15) is 0 Å². The summed E-state index contributed by atoms with van der Waals surface area (Å²) in [6, 6.07) is 0.684. The van der Waals surface area contributed by atoms with E-state index in [1.54, 1.807) is 0 Å². The Balaban J connectivity index is 1.73. The van der Waals surface area contributed by atoms with Gasteiger partial charge in [0.25, 0.3) is 0 Å². The summed E-state index contributed by atoms with van der Waals surface area (Å²) >= 11 is 0. The first-order valence-electron chi connectivity index (χ1n) is 5.99. The zero-order valence-electron chi connectivity index (χ0n) is 9.53. The minimum atomic E-state index is 0.684. The Morgan fingerprint density at radius 2 is 2.27 bits per heavy atom. The third kappa shape index (κ3) is 1.54. The minimum Gasteiger partial charge on any atom is -0.353 e. The maximum Gasteiger partial charge on any atom is 0.203 e. The number of rotatable bonds is 2. The first-order valence-corrected chi connectivity index (χ1v) is 5.99. The number of imidazole rings is 1. The number of aryl methyl sites for hydroxylation is 2. The van der Waals surface area contributed by atoms with E-state index < -0.39 is 0 Å². The molecule has 0 spiro atoms. The molecule has 1 N–H and O–H groups in total. The molecule has 82 valence electrons. The second-order valence-electron chi connectivity index (χ2n) is 5.24. The molecule has 2 fully saturated rings. The molecule has 2 aliphatic rings. The molecule has 0 aromatic carbocycles. The molecule has 2 saturated carbocycles. The second-order valence-corrected chi connectivity index (χ2v) is 5.24. The summed E-state index contributed by atoms with van der Waals surface area (Å²) in [4.78, 5) is 4.51. The standard InChI is InChI=1S/C12H19N3/c1-8-7-15(2)12(13-8)14-11-6-9-3-4-10(11)5-9/h7,9-11H,3-6H2,1-2H3,(H,13,14). The summed E-state index contributed by atoms with van der Waals surface area (Å²) in [5.41, 5.74) is 1.10. The van der Waals surface area contributed by atoms with Gasteiger partial charge in [-0.05, 0) is 38.0 Å². The third-order valence-electron chi connectivity index (χ3n) is 4.05. The lowest BCUT2D eigenvalue weighted by Crippen LogP contribution is -2.27. The number of nitrogens with zero attached hydrogens (tertiary/aromatic N) is 2. The van der Waals surface area contributed by atoms with E-state index in [-0.39, 0.29) is 0 Å². The van der Waals surface area contributed by atoms with Gasteiger partial charge in [-0.15, -0.1) is 0 Å². The van der Waals surface area contributed by atoms with E-state index in [0.29, 0.717) is 6.04 Å². The summed E-state index contributed by atoms with van der Waals surface area (Å²) in [6.07, 6.45) is 7.77. The van der Waals surface area contributed by atoms with Gasteiger partial charge in [-0.25, -0.2) is 4.98 Å². The molecule has 0 radical (unpaired) electrons. The van der Waals surface area contributed by atoms with Crippen LogP contribution in [0.15, 0.2) is 6.20 Å². The monoisotopic (exact) mass is 205 g/mol. The Kier molecular flexibility index (Phi) is 2.01. The lowest BCUT2D eigenvalue weighted by Gasteiger charge is -2.23. The van der Waals surface area contributed by atoms with Crippen molar-refractivity contribution in [3.05, 3.63) is 11.9 Å². The van der Waals surface area contributed by atoms with Gasteiger partial charge in [0.2, 0.25) is 5.95 Å². The Morgan fingerprint density at radius 1 is 1.40 bits per heavy atom. The number of anilines is 1. The maximum absolute atomic E-state index is 4.51. The molecule has 3 rings (SSSR count). The van der Waals surface area contributed by atoms with Crippen LogP contribution < -0.4 is 5.32 Å². The Bertz CT molecular complexity index is 369. The number of hydrogen-bond acceptors (Lipinski definition) is 2. The highest BCUT2D eigenvalue weighted by Gasteiger charge is 2.39. The molecule has 3 atom stereocenters. The van der Waals surface area contributed by atoms with Crippen molar-refractivity contribution in [2.45, 2.75) is 38.6 Å². The Hall–Kier alpha value is -0.990. The Morgan fingerprint density at radius 3 is 2.80 bits per heavy atom. The Labute approximate surface area is 90.9 Å². The van der Waals surface area contributed by atoms with Crippen LogP contribution in [0.25, 0.3) is 0 Å². The molecule has 0 saturated heterocycles. The van der Waals surface area contributed by atoms with Crippen molar-refractivity contribution < 1.29 is 0 Å². The van der Waals surface area contributed by atoms with Crippen molar-refractivity contribution >= 4 is 5.95 Å². The summed E-state index contributed by atoms with van der Waals surface area (Å²) < 4.78 is 2.10. The highest BCUT2D eigenvalue weighted by atomic mass is 15.2. The predicted molar refractivity (Wildman–Crippen MR) is 60.8 cm³/mol. The average Bonchev–Trinajstić information content (AvgIpc) is 2.83. The van der Waals surface area contributed by atoms with Crippen molar-refractivity contribution in [2.24, 2.45) is 18.9 Å². The van der Waals surface area contributed by atoms with E-state index in [1.807, 2.05) is 6.92 Å². The molecule has 0 amide bonds. The van der Waals surface area contributed by atoms with E-state index in [4.69, 9.17) is 0 Å². The highest BCUT2D eigenvalue weighted by Crippen LogP contribution is 2.45. The van der Waals surface area contributed by atoms with Crippen LogP contribution in [-0.2, 0) is 7.05 Å². The molecule has 15 heavy (non-hydrogen) atoms. The number of fused-ring (bicyclic) bond motifs is 2. The van der Waals surface area contributed by atoms with E-state index in [9.17, 15) is 0 Å². The van der Waals surface area contributed by atoms with Crippen molar-refractivity contribution in [3.8, 4) is 0 Å². The van der Waals surface area contributed by atoms with Gasteiger partial charge >= 0.3 is 0 Å². The van der Waals surface area contributed by atoms with E-state index in [1.165, 1.54) is 25.7 Å². The SMILES string of the molecule is Cc1cn(C)c(NC2CC3CCC2C3)n1. The smallest absolute Gasteiger partial charge is 0.203 e. The van der Waals surface area contributed by atoms with Crippen molar-refractivity contribution in [1.82, 2.24) is 9.55 Å². The number of aromatic nitrogens is 2. The van der Waals surface area contributed by atoms with Crippen molar-refractivity contribution in [2.75, 3.05) is 5.32 Å². The summed E-state index contributed by atoms with van der Waals surface area (Å²) in [5.74, 6) is 2.95. The van der Waals surface area contributed by atoms with Crippen LogP contribution in [0, 0.1) is 18.8 Å². The molecule has 2 aliphatic carbocycles. The molecule has 1 aromatic heterocycles. The molecule has 0 aliphatic heterocycles. The van der Waals surface area contributed by atoms with E-state index >= 15 is 0 Å². The fraction of sp³-hybridized carbons (Fsp3) is 0.750. The number of nitrogens with one attached hydrogen (secondary N) is 1. The molecular formula is C12H19N3. The van der Waals surface area contributed by atoms with Gasteiger partial charge in [0, 0.05) is 19.3 Å². The molecule has 1 heterocycles. The van der Waals surface area contributed by atoms with Crippen LogP contribution in [-0.4, -0.2) is 15.6 Å². The zero-order valence-corrected chi connectivity index (χ0v) is 9.53. The van der Waals surface area contributed by atoms with Gasteiger partial charge in [0.15, 0.2) is 0 Å². The molecule has 3 heteroatoms. The van der Waals surface area contributed by atoms with E-state index in [2.05, 4.69) is 28.1 Å². The fourth-order valence-electron chi connectivity index (χ4n) is 3.34. The van der Waals surface area contributed by atoms with Gasteiger partial charge in [0.05, 0.1) is 5.69 Å². The highest BCUT2D eigenvalue weighted by molar-refractivity contribution is 5.31. The number of hydrogen-bond donors (Lipinski definition) is 1. The van der Waals surface area contributed by atoms with Crippen LogP contribution >= 0.6 is 0 Å². The minimum absolute atomic E-state index is 0.684. The van der Waals surface area contributed by atoms with Gasteiger partial charge < -0.3 is 9.88 Å². The van der Waals surface area contributed by atoms with Gasteiger partial charge in [-0.3, -0.25) is 0 Å². The maximum atomic E-state index is 4.51. The van der Waals surface area contributed by atoms with Crippen LogP contribution in [0.3, 0.4) is 0 Å². The molecule has 2 bridgehead atoms. The largest absolute Gasteiger partial charge is 0.353 e. The summed E-state index contributed by atoms with van der Waals surface area (Å²) in [7, 11) is 2.07. The zero-order chi connectivity index (χ0) is 10.4. The van der Waals surface area contributed by atoms with Crippen LogP contribution in [0.4, 0.5) is 5.95 Å². The normalized spacial score (nSPS) is 33.6. The summed E-state index contributed by atoms with van der Waals surface area (Å²) in [5, 5.41) is 3.61. The predicted octanol–water partition coefficient (Wildman–Crippen LogP) is 2.33. The van der Waals surface area contributed by atoms with Crippen LogP contribution in [0.5, 0.6) is 0 Å². The van der Waals surface area contributed by atoms with Crippen LogP contribution in [0.2, 0.25) is 0 Å².